The average molecular weight is 306 g/mol. The second kappa shape index (κ2) is 7.58. The fourth-order valence-electron chi connectivity index (χ4n) is 2.84. The van der Waals surface area contributed by atoms with E-state index in [1.54, 1.807) is 6.07 Å². The third-order valence-electron chi connectivity index (χ3n) is 4.00. The van der Waals surface area contributed by atoms with Gasteiger partial charge < -0.3 is 5.32 Å². The molecule has 2 rings (SSSR count). The maximum absolute atomic E-state index is 13.6. The molecular formula is C18H21ClFN. The molecule has 0 amide bonds. The smallest absolute Gasteiger partial charge is 0.142 e. The lowest BCUT2D eigenvalue weighted by molar-refractivity contribution is 0.448. The van der Waals surface area contributed by atoms with Gasteiger partial charge in [0.25, 0.3) is 0 Å². The first-order valence-corrected chi connectivity index (χ1v) is 7.70. The fourth-order valence-corrected chi connectivity index (χ4v) is 3.04. The maximum Gasteiger partial charge on any atom is 0.142 e. The van der Waals surface area contributed by atoms with Crippen molar-refractivity contribution in [2.75, 3.05) is 7.05 Å². The predicted octanol–water partition coefficient (Wildman–Crippen LogP) is 4.80. The van der Waals surface area contributed by atoms with Crippen LogP contribution in [-0.4, -0.2) is 13.1 Å². The minimum atomic E-state index is -0.350. The van der Waals surface area contributed by atoms with Crippen molar-refractivity contribution in [1.82, 2.24) is 5.32 Å². The number of hydrogen-bond acceptors (Lipinski definition) is 1. The van der Waals surface area contributed by atoms with Crippen molar-refractivity contribution < 1.29 is 4.39 Å². The van der Waals surface area contributed by atoms with Crippen molar-refractivity contribution in [3.05, 3.63) is 70.5 Å². The molecule has 0 aliphatic heterocycles. The average Bonchev–Trinajstić information content (AvgIpc) is 2.52. The van der Waals surface area contributed by atoms with E-state index in [1.807, 2.05) is 19.2 Å². The standard InChI is InChI=1S/C18H21ClFN/c1-3-15(13-8-5-4-6-9-13)17(21-2)12-14-10-7-11-16(20)18(14)19/h4-11,15,17,21H,3,12H2,1-2H3. The monoisotopic (exact) mass is 305 g/mol. The van der Waals surface area contributed by atoms with Crippen LogP contribution in [0.2, 0.25) is 5.02 Å². The summed E-state index contributed by atoms with van der Waals surface area (Å²) in [6.45, 7) is 2.18. The molecule has 1 nitrogen and oxygen atoms in total. The van der Waals surface area contributed by atoms with E-state index in [0.717, 1.165) is 12.0 Å². The molecule has 0 fully saturated rings. The van der Waals surface area contributed by atoms with Gasteiger partial charge in [0.1, 0.15) is 5.82 Å². The molecule has 2 aromatic carbocycles. The summed E-state index contributed by atoms with van der Waals surface area (Å²) in [6, 6.07) is 15.6. The van der Waals surface area contributed by atoms with Gasteiger partial charge >= 0.3 is 0 Å². The van der Waals surface area contributed by atoms with Crippen LogP contribution in [0.1, 0.15) is 30.4 Å². The largest absolute Gasteiger partial charge is 0.316 e. The Balaban J connectivity index is 2.24. The Morgan fingerprint density at radius 2 is 1.81 bits per heavy atom. The van der Waals surface area contributed by atoms with Gasteiger partial charge in [-0.15, -0.1) is 0 Å². The lowest BCUT2D eigenvalue weighted by atomic mass is 9.86. The lowest BCUT2D eigenvalue weighted by Gasteiger charge is -2.27. The molecule has 21 heavy (non-hydrogen) atoms. The fraction of sp³-hybridized carbons (Fsp3) is 0.333. The van der Waals surface area contributed by atoms with Gasteiger partial charge in [0, 0.05) is 6.04 Å². The van der Waals surface area contributed by atoms with Gasteiger partial charge in [-0.25, -0.2) is 4.39 Å². The SMILES string of the molecule is CCC(c1ccccc1)C(Cc1cccc(F)c1Cl)NC. The van der Waals surface area contributed by atoms with Crippen LogP contribution >= 0.6 is 11.6 Å². The summed E-state index contributed by atoms with van der Waals surface area (Å²) in [6.07, 6.45) is 1.73. The second-order valence-corrected chi connectivity index (χ2v) is 5.62. The van der Waals surface area contributed by atoms with E-state index in [9.17, 15) is 4.39 Å². The highest BCUT2D eigenvalue weighted by Gasteiger charge is 2.21. The molecule has 0 aliphatic carbocycles. The summed E-state index contributed by atoms with van der Waals surface area (Å²) in [5.74, 6) is 0.0207. The minimum Gasteiger partial charge on any atom is -0.316 e. The van der Waals surface area contributed by atoms with E-state index in [1.165, 1.54) is 11.6 Å². The molecule has 0 heterocycles. The van der Waals surface area contributed by atoms with Crippen LogP contribution < -0.4 is 5.32 Å². The van der Waals surface area contributed by atoms with E-state index in [-0.39, 0.29) is 16.9 Å². The molecule has 2 unspecified atom stereocenters. The Labute approximate surface area is 131 Å². The lowest BCUT2D eigenvalue weighted by Crippen LogP contribution is -2.34. The molecule has 1 N–H and O–H groups in total. The summed E-state index contributed by atoms with van der Waals surface area (Å²) < 4.78 is 13.6. The highest BCUT2D eigenvalue weighted by Crippen LogP contribution is 2.28. The van der Waals surface area contributed by atoms with Gasteiger partial charge in [-0.2, -0.15) is 0 Å². The number of hydrogen-bond donors (Lipinski definition) is 1. The second-order valence-electron chi connectivity index (χ2n) is 5.24. The first-order chi connectivity index (χ1) is 10.2. The molecule has 0 radical (unpaired) electrons. The number of likely N-dealkylation sites (N-methyl/N-ethyl adjacent to an activating group) is 1. The number of benzene rings is 2. The molecule has 0 aliphatic rings. The zero-order valence-corrected chi connectivity index (χ0v) is 13.2. The van der Waals surface area contributed by atoms with E-state index >= 15 is 0 Å². The predicted molar refractivity (Wildman–Crippen MR) is 87.4 cm³/mol. The van der Waals surface area contributed by atoms with Crippen molar-refractivity contribution in [3.8, 4) is 0 Å². The molecular weight excluding hydrogens is 285 g/mol. The van der Waals surface area contributed by atoms with Crippen LogP contribution in [0.25, 0.3) is 0 Å². The third kappa shape index (κ3) is 3.84. The van der Waals surface area contributed by atoms with Crippen LogP contribution in [0.4, 0.5) is 4.39 Å². The van der Waals surface area contributed by atoms with Gasteiger partial charge in [0.15, 0.2) is 0 Å². The molecule has 0 spiro atoms. The summed E-state index contributed by atoms with van der Waals surface area (Å²) >= 11 is 6.09. The quantitative estimate of drug-likeness (QED) is 0.808. The van der Waals surface area contributed by atoms with Crippen molar-refractivity contribution in [3.63, 3.8) is 0 Å². The van der Waals surface area contributed by atoms with Gasteiger partial charge in [-0.1, -0.05) is 61.0 Å². The molecule has 3 heteroatoms. The van der Waals surface area contributed by atoms with Gasteiger partial charge in [0.05, 0.1) is 5.02 Å². The summed E-state index contributed by atoms with van der Waals surface area (Å²) in [5, 5.41) is 3.60. The Kier molecular flexibility index (Phi) is 5.77. The molecule has 112 valence electrons. The topological polar surface area (TPSA) is 12.0 Å². The molecule has 0 aromatic heterocycles. The van der Waals surface area contributed by atoms with E-state index in [4.69, 9.17) is 11.6 Å². The van der Waals surface area contributed by atoms with Crippen LogP contribution in [0.5, 0.6) is 0 Å². The maximum atomic E-state index is 13.6. The first kappa shape index (κ1) is 16.0. The van der Waals surface area contributed by atoms with Gasteiger partial charge in [-0.3, -0.25) is 0 Å². The van der Waals surface area contributed by atoms with Crippen LogP contribution in [-0.2, 0) is 6.42 Å². The molecule has 0 saturated carbocycles. The summed E-state index contributed by atoms with van der Waals surface area (Å²) in [7, 11) is 1.95. The van der Waals surface area contributed by atoms with Crippen LogP contribution in [0, 0.1) is 5.82 Å². The molecule has 0 bridgehead atoms. The third-order valence-corrected chi connectivity index (χ3v) is 4.42. The number of halogens is 2. The van der Waals surface area contributed by atoms with E-state index in [0.29, 0.717) is 12.3 Å². The van der Waals surface area contributed by atoms with Crippen molar-refractivity contribution in [2.45, 2.75) is 31.7 Å². The van der Waals surface area contributed by atoms with Gasteiger partial charge in [-0.05, 0) is 43.0 Å². The zero-order chi connectivity index (χ0) is 15.2. The number of rotatable bonds is 6. The highest BCUT2D eigenvalue weighted by molar-refractivity contribution is 6.31. The highest BCUT2D eigenvalue weighted by atomic mass is 35.5. The van der Waals surface area contributed by atoms with Crippen molar-refractivity contribution in [2.24, 2.45) is 0 Å². The van der Waals surface area contributed by atoms with Crippen LogP contribution in [0.15, 0.2) is 48.5 Å². The normalized spacial score (nSPS) is 13.9. The molecule has 0 saturated heterocycles. The Morgan fingerprint density at radius 1 is 1.10 bits per heavy atom. The Hall–Kier alpha value is -1.38. The van der Waals surface area contributed by atoms with Crippen LogP contribution in [0.3, 0.4) is 0 Å². The molecule has 2 aromatic rings. The zero-order valence-electron chi connectivity index (χ0n) is 12.4. The minimum absolute atomic E-state index is 0.219. The summed E-state index contributed by atoms with van der Waals surface area (Å²) in [4.78, 5) is 0. The number of nitrogens with one attached hydrogen (secondary N) is 1. The Bertz CT molecular complexity index is 571. The van der Waals surface area contributed by atoms with Crippen molar-refractivity contribution >= 4 is 11.6 Å². The van der Waals surface area contributed by atoms with E-state index < -0.39 is 0 Å². The molecule has 2 atom stereocenters. The Morgan fingerprint density at radius 3 is 2.43 bits per heavy atom. The van der Waals surface area contributed by atoms with Gasteiger partial charge in [0.2, 0.25) is 0 Å². The first-order valence-electron chi connectivity index (χ1n) is 7.32. The van der Waals surface area contributed by atoms with E-state index in [2.05, 4.69) is 36.5 Å². The van der Waals surface area contributed by atoms with Crippen molar-refractivity contribution in [1.29, 1.82) is 0 Å². The summed E-state index contributed by atoms with van der Waals surface area (Å²) in [5.41, 5.74) is 2.15.